The van der Waals surface area contributed by atoms with Crippen molar-refractivity contribution in [2.45, 2.75) is 46.1 Å². The number of rotatable bonds is 12. The van der Waals surface area contributed by atoms with Gasteiger partial charge in [-0.25, -0.2) is 0 Å². The van der Waals surface area contributed by atoms with Crippen molar-refractivity contribution < 1.29 is 9.84 Å². The predicted molar refractivity (Wildman–Crippen MR) is 136 cm³/mol. The standard InChI is InChI=1S/C23H40N4O2.HI/c1-4-24-22(26-18-23(12-14-28)13-15-29-19-23)25-17-21(27(5-2)6-3)16-20-10-8-7-9-11-20;/h7-11,21,28H,4-6,12-19H2,1-3H3,(H2,24,25,26);1H. The van der Waals surface area contributed by atoms with Crippen LogP contribution in [0.25, 0.3) is 0 Å². The van der Waals surface area contributed by atoms with Crippen molar-refractivity contribution in [2.75, 3.05) is 52.5 Å². The first-order valence-electron chi connectivity index (χ1n) is 11.1. The molecule has 2 rings (SSSR count). The van der Waals surface area contributed by atoms with Crippen LogP contribution in [0.2, 0.25) is 0 Å². The lowest BCUT2D eigenvalue weighted by Crippen LogP contribution is -2.48. The number of aliphatic hydroxyl groups is 1. The fraction of sp³-hybridized carbons (Fsp3) is 0.696. The Bertz CT molecular complexity index is 590. The highest BCUT2D eigenvalue weighted by molar-refractivity contribution is 14.0. The molecule has 0 aliphatic carbocycles. The maximum absolute atomic E-state index is 9.45. The second-order valence-electron chi connectivity index (χ2n) is 7.92. The molecule has 2 unspecified atom stereocenters. The van der Waals surface area contributed by atoms with E-state index in [4.69, 9.17) is 9.73 Å². The topological polar surface area (TPSA) is 69.1 Å². The minimum atomic E-state index is -0.0284. The van der Waals surface area contributed by atoms with Gasteiger partial charge in [0.15, 0.2) is 5.96 Å². The third kappa shape index (κ3) is 8.69. The van der Waals surface area contributed by atoms with Crippen molar-refractivity contribution in [1.82, 2.24) is 15.5 Å². The number of guanidine groups is 1. The van der Waals surface area contributed by atoms with Crippen molar-refractivity contribution >= 4 is 29.9 Å². The van der Waals surface area contributed by atoms with Gasteiger partial charge >= 0.3 is 0 Å². The largest absolute Gasteiger partial charge is 0.396 e. The first-order valence-corrected chi connectivity index (χ1v) is 11.1. The molecule has 30 heavy (non-hydrogen) atoms. The Morgan fingerprint density at radius 1 is 1.20 bits per heavy atom. The van der Waals surface area contributed by atoms with E-state index < -0.39 is 0 Å². The number of aliphatic hydroxyl groups excluding tert-OH is 1. The van der Waals surface area contributed by atoms with Crippen LogP contribution in [0.15, 0.2) is 35.3 Å². The quantitative estimate of drug-likeness (QED) is 0.220. The van der Waals surface area contributed by atoms with Gasteiger partial charge in [-0.3, -0.25) is 9.89 Å². The molecule has 7 heteroatoms. The second-order valence-corrected chi connectivity index (χ2v) is 7.92. The molecule has 0 spiro atoms. The lowest BCUT2D eigenvalue weighted by molar-refractivity contribution is 0.131. The molecule has 0 aromatic heterocycles. The molecule has 6 nitrogen and oxygen atoms in total. The number of halogens is 1. The fourth-order valence-corrected chi connectivity index (χ4v) is 4.05. The zero-order valence-electron chi connectivity index (χ0n) is 18.9. The van der Waals surface area contributed by atoms with Crippen molar-refractivity contribution in [1.29, 1.82) is 0 Å². The van der Waals surface area contributed by atoms with Gasteiger partial charge in [0.25, 0.3) is 0 Å². The number of benzene rings is 1. The Kier molecular flexibility index (Phi) is 13.6. The monoisotopic (exact) mass is 532 g/mol. The molecular weight excluding hydrogens is 491 g/mol. The van der Waals surface area contributed by atoms with Gasteiger partial charge in [0.1, 0.15) is 0 Å². The van der Waals surface area contributed by atoms with E-state index in [1.165, 1.54) is 5.56 Å². The van der Waals surface area contributed by atoms with E-state index in [9.17, 15) is 5.11 Å². The molecule has 1 fully saturated rings. The first kappa shape index (κ1) is 27.1. The molecule has 2 atom stereocenters. The van der Waals surface area contributed by atoms with Crippen LogP contribution in [0.3, 0.4) is 0 Å². The maximum atomic E-state index is 9.45. The lowest BCUT2D eigenvalue weighted by Gasteiger charge is -2.31. The van der Waals surface area contributed by atoms with Gasteiger partial charge in [-0.05, 0) is 44.8 Å². The van der Waals surface area contributed by atoms with Gasteiger partial charge in [0.2, 0.25) is 0 Å². The van der Waals surface area contributed by atoms with Gasteiger partial charge in [-0.1, -0.05) is 44.2 Å². The summed E-state index contributed by atoms with van der Waals surface area (Å²) in [6.07, 6.45) is 2.72. The molecule has 1 aromatic rings. The second kappa shape index (κ2) is 15.0. The number of hydrogen-bond acceptors (Lipinski definition) is 4. The summed E-state index contributed by atoms with van der Waals surface area (Å²) in [5.41, 5.74) is 1.33. The molecule has 0 amide bonds. The van der Waals surface area contributed by atoms with Crippen LogP contribution in [0, 0.1) is 5.41 Å². The Balaban J connectivity index is 0.00000450. The van der Waals surface area contributed by atoms with Crippen molar-refractivity contribution in [3.8, 4) is 0 Å². The smallest absolute Gasteiger partial charge is 0.191 e. The third-order valence-corrected chi connectivity index (χ3v) is 5.89. The summed E-state index contributed by atoms with van der Waals surface area (Å²) in [6.45, 7) is 12.6. The summed E-state index contributed by atoms with van der Waals surface area (Å²) in [6, 6.07) is 11.1. The SMILES string of the molecule is CCNC(=NCC1(CCO)CCOC1)NCC(Cc1ccccc1)N(CC)CC.I. The first-order chi connectivity index (χ1) is 14.2. The van der Waals surface area contributed by atoms with Crippen LogP contribution in [0.5, 0.6) is 0 Å². The number of hydrogen-bond donors (Lipinski definition) is 3. The Labute approximate surface area is 199 Å². The van der Waals surface area contributed by atoms with Crippen LogP contribution in [-0.4, -0.2) is 74.6 Å². The average Bonchev–Trinajstić information content (AvgIpc) is 3.20. The molecule has 1 saturated heterocycles. The predicted octanol–water partition coefficient (Wildman–Crippen LogP) is 2.90. The molecular formula is C23H41IN4O2. The van der Waals surface area contributed by atoms with Gasteiger partial charge in [-0.2, -0.15) is 0 Å². The minimum Gasteiger partial charge on any atom is -0.396 e. The van der Waals surface area contributed by atoms with E-state index >= 15 is 0 Å². The normalized spacial score (nSPS) is 20.1. The molecule has 172 valence electrons. The maximum Gasteiger partial charge on any atom is 0.191 e. The van der Waals surface area contributed by atoms with E-state index in [0.29, 0.717) is 19.2 Å². The molecule has 0 radical (unpaired) electrons. The van der Waals surface area contributed by atoms with Crippen molar-refractivity contribution in [3.63, 3.8) is 0 Å². The summed E-state index contributed by atoms with van der Waals surface area (Å²) >= 11 is 0. The Morgan fingerprint density at radius 2 is 1.93 bits per heavy atom. The zero-order valence-corrected chi connectivity index (χ0v) is 21.2. The number of ether oxygens (including phenoxy) is 1. The molecule has 0 saturated carbocycles. The molecule has 1 aromatic carbocycles. The molecule has 1 aliphatic heterocycles. The summed E-state index contributed by atoms with van der Waals surface area (Å²) in [7, 11) is 0. The Hall–Kier alpha value is -0.900. The molecule has 1 heterocycles. The van der Waals surface area contributed by atoms with E-state index in [1.54, 1.807) is 0 Å². The van der Waals surface area contributed by atoms with Gasteiger partial charge in [0, 0.05) is 37.8 Å². The van der Waals surface area contributed by atoms with Gasteiger partial charge < -0.3 is 20.5 Å². The van der Waals surface area contributed by atoms with E-state index in [-0.39, 0.29) is 36.0 Å². The fourth-order valence-electron chi connectivity index (χ4n) is 4.05. The van der Waals surface area contributed by atoms with Crippen molar-refractivity contribution in [3.05, 3.63) is 35.9 Å². The third-order valence-electron chi connectivity index (χ3n) is 5.89. The number of nitrogens with one attached hydrogen (secondary N) is 2. The molecule has 3 N–H and O–H groups in total. The Morgan fingerprint density at radius 3 is 2.50 bits per heavy atom. The highest BCUT2D eigenvalue weighted by Crippen LogP contribution is 2.32. The van der Waals surface area contributed by atoms with Crippen LogP contribution >= 0.6 is 24.0 Å². The van der Waals surface area contributed by atoms with E-state index in [2.05, 4.69) is 66.6 Å². The van der Waals surface area contributed by atoms with E-state index in [0.717, 1.165) is 58.0 Å². The van der Waals surface area contributed by atoms with Crippen LogP contribution in [0.4, 0.5) is 0 Å². The summed E-state index contributed by atoms with van der Waals surface area (Å²) in [4.78, 5) is 7.36. The molecule has 1 aliphatic rings. The van der Waals surface area contributed by atoms with Crippen LogP contribution < -0.4 is 10.6 Å². The summed E-state index contributed by atoms with van der Waals surface area (Å²) in [5, 5.41) is 16.4. The highest BCUT2D eigenvalue weighted by Gasteiger charge is 2.34. The van der Waals surface area contributed by atoms with Crippen molar-refractivity contribution in [2.24, 2.45) is 10.4 Å². The zero-order chi connectivity index (χ0) is 21.0. The average molecular weight is 533 g/mol. The van der Waals surface area contributed by atoms with Gasteiger partial charge in [-0.15, -0.1) is 24.0 Å². The molecule has 0 bridgehead atoms. The minimum absolute atomic E-state index is 0. The number of likely N-dealkylation sites (N-methyl/N-ethyl adjacent to an activating group) is 1. The van der Waals surface area contributed by atoms with Gasteiger partial charge in [0.05, 0.1) is 13.2 Å². The number of nitrogens with zero attached hydrogens (tertiary/aromatic N) is 2. The highest BCUT2D eigenvalue weighted by atomic mass is 127. The lowest BCUT2D eigenvalue weighted by atomic mass is 9.84. The van der Waals surface area contributed by atoms with E-state index in [1.807, 2.05) is 0 Å². The number of aliphatic imine (C=N–C) groups is 1. The summed E-state index contributed by atoms with van der Waals surface area (Å²) in [5.74, 6) is 0.849. The van der Waals surface area contributed by atoms with Crippen LogP contribution in [0.1, 0.15) is 39.2 Å². The van der Waals surface area contributed by atoms with Crippen LogP contribution in [-0.2, 0) is 11.2 Å². The summed E-state index contributed by atoms with van der Waals surface area (Å²) < 4.78 is 5.60.